The number of carboxylic acid groups (broad SMARTS) is 1. The summed E-state index contributed by atoms with van der Waals surface area (Å²) in [6, 6.07) is 7.48. The highest BCUT2D eigenvalue weighted by molar-refractivity contribution is 7.08. The smallest absolute Gasteiger partial charge is 0.475 e. The number of hydrogen-bond acceptors (Lipinski definition) is 5. The second-order valence-electron chi connectivity index (χ2n) is 6.84. The molecule has 0 saturated carbocycles. The van der Waals surface area contributed by atoms with Crippen LogP contribution in [0.5, 0.6) is 0 Å². The van der Waals surface area contributed by atoms with Crippen LogP contribution in [-0.2, 0) is 9.59 Å². The van der Waals surface area contributed by atoms with E-state index in [1.54, 1.807) is 17.4 Å². The number of nitrogens with zero attached hydrogens (tertiary/aromatic N) is 3. The molecule has 0 spiro atoms. The van der Waals surface area contributed by atoms with Crippen LogP contribution in [0.25, 0.3) is 0 Å². The molecule has 1 N–H and O–H groups in total. The standard InChI is InChI=1S/C17H17N3O2S.C2HF3O2/c1-11-3-2-4-13(18-11)17(22)19-7-5-14-15(19)9-16(21)20(14)12-6-8-23-10-12;3-2(4,5)1(6)7/h2-4,6,8,10,14-15H,5,7,9H2,1H3;(H,6,7)/t14-,15+;/m0./s1. The number of carbonyl (C=O) groups is 3. The van der Waals surface area contributed by atoms with E-state index in [1.165, 1.54) is 0 Å². The van der Waals surface area contributed by atoms with Crippen LogP contribution in [0.2, 0.25) is 0 Å². The fourth-order valence-electron chi connectivity index (χ4n) is 3.64. The quantitative estimate of drug-likeness (QED) is 0.774. The number of aliphatic carboxylic acids is 1. The SMILES string of the molecule is Cc1cccc(C(=O)N2CC[C@H]3[C@H]2CC(=O)N3c2ccsc2)n1.O=C(O)C(F)(F)F. The Morgan fingerprint density at radius 3 is 2.50 bits per heavy atom. The molecule has 2 aromatic heterocycles. The number of pyridine rings is 1. The summed E-state index contributed by atoms with van der Waals surface area (Å²) in [5, 5.41) is 11.1. The topological polar surface area (TPSA) is 90.8 Å². The van der Waals surface area contributed by atoms with Crippen LogP contribution in [0, 0.1) is 6.92 Å². The van der Waals surface area contributed by atoms with E-state index < -0.39 is 12.1 Å². The number of aryl methyl sites for hydroxylation is 1. The molecule has 2 aromatic rings. The van der Waals surface area contributed by atoms with Crippen molar-refractivity contribution in [2.24, 2.45) is 0 Å². The average molecular weight is 441 g/mol. The lowest BCUT2D eigenvalue weighted by Gasteiger charge is -2.24. The summed E-state index contributed by atoms with van der Waals surface area (Å²) in [6.07, 6.45) is -3.86. The Balaban J connectivity index is 0.000000318. The summed E-state index contributed by atoms with van der Waals surface area (Å²) in [5.41, 5.74) is 2.25. The van der Waals surface area contributed by atoms with Crippen molar-refractivity contribution in [1.29, 1.82) is 0 Å². The fourth-order valence-corrected chi connectivity index (χ4v) is 4.27. The Labute approximate surface area is 173 Å². The van der Waals surface area contributed by atoms with Crippen molar-refractivity contribution in [2.45, 2.75) is 38.0 Å². The second-order valence-corrected chi connectivity index (χ2v) is 7.62. The fraction of sp³-hybridized carbons (Fsp3) is 0.368. The molecule has 0 radical (unpaired) electrons. The molecule has 4 rings (SSSR count). The van der Waals surface area contributed by atoms with Crippen LogP contribution in [0.1, 0.15) is 29.0 Å². The van der Waals surface area contributed by atoms with Crippen LogP contribution in [0.15, 0.2) is 35.0 Å². The van der Waals surface area contributed by atoms with Crippen molar-refractivity contribution in [3.63, 3.8) is 0 Å². The number of thiophene rings is 1. The van der Waals surface area contributed by atoms with Crippen molar-refractivity contribution < 1.29 is 32.7 Å². The molecule has 30 heavy (non-hydrogen) atoms. The van der Waals surface area contributed by atoms with Gasteiger partial charge in [-0.2, -0.15) is 24.5 Å². The number of fused-ring (bicyclic) bond motifs is 1. The number of alkyl halides is 3. The molecule has 2 aliphatic rings. The summed E-state index contributed by atoms with van der Waals surface area (Å²) < 4.78 is 31.7. The van der Waals surface area contributed by atoms with Crippen molar-refractivity contribution in [1.82, 2.24) is 9.88 Å². The van der Waals surface area contributed by atoms with Gasteiger partial charge in [0.1, 0.15) is 5.69 Å². The van der Waals surface area contributed by atoms with Crippen molar-refractivity contribution in [3.8, 4) is 0 Å². The van der Waals surface area contributed by atoms with Crippen LogP contribution >= 0.6 is 11.3 Å². The molecule has 7 nitrogen and oxygen atoms in total. The van der Waals surface area contributed by atoms with Crippen molar-refractivity contribution >= 4 is 34.8 Å². The molecular weight excluding hydrogens is 423 g/mol. The Morgan fingerprint density at radius 1 is 1.23 bits per heavy atom. The summed E-state index contributed by atoms with van der Waals surface area (Å²) in [7, 11) is 0. The summed E-state index contributed by atoms with van der Waals surface area (Å²) >= 11 is 1.58. The number of aromatic nitrogens is 1. The minimum absolute atomic E-state index is 0.0442. The van der Waals surface area contributed by atoms with Crippen LogP contribution < -0.4 is 4.90 Å². The molecule has 0 unspecified atom stereocenters. The Morgan fingerprint density at radius 2 is 1.93 bits per heavy atom. The highest BCUT2D eigenvalue weighted by Crippen LogP contribution is 2.37. The van der Waals surface area contributed by atoms with Gasteiger partial charge in [0.05, 0.1) is 17.8 Å². The molecule has 2 amide bonds. The molecule has 0 bridgehead atoms. The molecular formula is C19H18F3N3O4S. The van der Waals surface area contributed by atoms with Gasteiger partial charge in [-0.3, -0.25) is 9.59 Å². The molecule has 2 fully saturated rings. The van der Waals surface area contributed by atoms with Gasteiger partial charge in [-0.25, -0.2) is 9.78 Å². The van der Waals surface area contributed by atoms with E-state index in [-0.39, 0.29) is 23.9 Å². The normalized spacial score (nSPS) is 20.6. The zero-order valence-electron chi connectivity index (χ0n) is 15.8. The minimum Gasteiger partial charge on any atom is -0.475 e. The lowest BCUT2D eigenvalue weighted by atomic mass is 10.1. The maximum absolute atomic E-state index is 12.8. The van der Waals surface area contributed by atoms with Gasteiger partial charge in [0.2, 0.25) is 5.91 Å². The largest absolute Gasteiger partial charge is 0.490 e. The minimum atomic E-state index is -5.08. The van der Waals surface area contributed by atoms with Gasteiger partial charge >= 0.3 is 12.1 Å². The number of amides is 2. The first-order valence-corrected chi connectivity index (χ1v) is 9.93. The zero-order chi connectivity index (χ0) is 22.1. The Hall–Kier alpha value is -2.95. The highest BCUT2D eigenvalue weighted by atomic mass is 32.1. The second kappa shape index (κ2) is 8.42. The van der Waals surface area contributed by atoms with Gasteiger partial charge in [0, 0.05) is 24.0 Å². The summed E-state index contributed by atoms with van der Waals surface area (Å²) in [4.78, 5) is 42.1. The third-order valence-corrected chi connectivity index (χ3v) is 5.56. The third-order valence-electron chi connectivity index (χ3n) is 4.89. The number of carboxylic acids is 1. The Bertz CT molecular complexity index is 949. The summed E-state index contributed by atoms with van der Waals surface area (Å²) in [6.45, 7) is 2.55. The van der Waals surface area contributed by atoms with Gasteiger partial charge in [0.25, 0.3) is 5.91 Å². The predicted molar refractivity (Wildman–Crippen MR) is 102 cm³/mol. The van der Waals surface area contributed by atoms with E-state index in [1.807, 2.05) is 45.7 Å². The number of hydrogen-bond donors (Lipinski definition) is 1. The molecule has 2 saturated heterocycles. The van der Waals surface area contributed by atoms with E-state index in [0.717, 1.165) is 17.8 Å². The van der Waals surface area contributed by atoms with Crippen LogP contribution in [0.4, 0.5) is 18.9 Å². The highest BCUT2D eigenvalue weighted by Gasteiger charge is 2.49. The van der Waals surface area contributed by atoms with Gasteiger partial charge in [-0.15, -0.1) is 0 Å². The van der Waals surface area contributed by atoms with Crippen LogP contribution in [-0.4, -0.2) is 57.6 Å². The first-order chi connectivity index (χ1) is 14.1. The first kappa shape index (κ1) is 21.8. The van der Waals surface area contributed by atoms with Gasteiger partial charge in [-0.05, 0) is 36.9 Å². The van der Waals surface area contributed by atoms with E-state index in [2.05, 4.69) is 4.98 Å². The first-order valence-electron chi connectivity index (χ1n) is 8.98. The molecule has 2 aliphatic heterocycles. The lowest BCUT2D eigenvalue weighted by molar-refractivity contribution is -0.192. The molecule has 0 aliphatic carbocycles. The number of rotatable bonds is 2. The van der Waals surface area contributed by atoms with Gasteiger partial charge < -0.3 is 14.9 Å². The van der Waals surface area contributed by atoms with Crippen molar-refractivity contribution in [3.05, 3.63) is 46.4 Å². The third kappa shape index (κ3) is 4.45. The molecule has 4 heterocycles. The summed E-state index contributed by atoms with van der Waals surface area (Å²) in [5.74, 6) is -2.72. The van der Waals surface area contributed by atoms with Crippen molar-refractivity contribution in [2.75, 3.05) is 11.4 Å². The Kier molecular flexibility index (Phi) is 6.11. The molecule has 11 heteroatoms. The number of halogens is 3. The molecule has 2 atom stereocenters. The number of anilines is 1. The molecule has 160 valence electrons. The molecule has 0 aromatic carbocycles. The van der Waals surface area contributed by atoms with E-state index >= 15 is 0 Å². The maximum Gasteiger partial charge on any atom is 0.490 e. The number of likely N-dealkylation sites (tertiary alicyclic amines) is 1. The van der Waals surface area contributed by atoms with E-state index in [0.29, 0.717) is 18.7 Å². The predicted octanol–water partition coefficient (Wildman–Crippen LogP) is 3.10. The zero-order valence-corrected chi connectivity index (χ0v) is 16.6. The van der Waals surface area contributed by atoms with E-state index in [9.17, 15) is 22.8 Å². The number of carbonyl (C=O) groups excluding carboxylic acids is 2. The van der Waals surface area contributed by atoms with Gasteiger partial charge in [0.15, 0.2) is 0 Å². The maximum atomic E-state index is 12.8. The van der Waals surface area contributed by atoms with Gasteiger partial charge in [-0.1, -0.05) is 6.07 Å². The monoisotopic (exact) mass is 441 g/mol. The lowest BCUT2D eigenvalue weighted by Crippen LogP contribution is -2.40. The van der Waals surface area contributed by atoms with E-state index in [4.69, 9.17) is 9.90 Å². The van der Waals surface area contributed by atoms with Crippen LogP contribution in [0.3, 0.4) is 0 Å². The average Bonchev–Trinajstić information content (AvgIpc) is 3.37.